The molecule has 0 saturated carbocycles. The van der Waals surface area contributed by atoms with Crippen LogP contribution >= 0.6 is 0 Å². The summed E-state index contributed by atoms with van der Waals surface area (Å²) >= 11 is 0. The first-order chi connectivity index (χ1) is 16.7. The van der Waals surface area contributed by atoms with Gasteiger partial charge in [-0.3, -0.25) is 14.4 Å². The van der Waals surface area contributed by atoms with E-state index in [9.17, 15) is 14.4 Å². The van der Waals surface area contributed by atoms with E-state index in [2.05, 4.69) is 0 Å². The van der Waals surface area contributed by atoms with Gasteiger partial charge in [0, 0.05) is 20.8 Å². The molecule has 0 radical (unpaired) electrons. The summed E-state index contributed by atoms with van der Waals surface area (Å²) in [6.07, 6.45) is -7.40. The quantitative estimate of drug-likeness (QED) is 0.357. The molecule has 0 N–H and O–H groups in total. The predicted octanol–water partition coefficient (Wildman–Crippen LogP) is 0.551. The summed E-state index contributed by atoms with van der Waals surface area (Å²) in [5, 5.41) is 0. The van der Waals surface area contributed by atoms with Crippen molar-refractivity contribution in [2.24, 2.45) is 0 Å². The van der Waals surface area contributed by atoms with Gasteiger partial charge in [-0.1, -0.05) is 0 Å². The molecule has 0 bridgehead atoms. The monoisotopic (exact) mass is 518 g/mol. The SMILES string of the molecule is CC(=O)O[C@@H]1[C@@H](OC[C@H]2O[C@@H]3OC(C)(C)O[C@@H]3[C@H]3OC(C)(C)O[C@H]32)OC[C@@H](OC(C)=O)[C@H]1OC(C)=O. The minimum atomic E-state index is -1.21. The van der Waals surface area contributed by atoms with E-state index in [1.54, 1.807) is 27.7 Å². The molecule has 4 heterocycles. The lowest BCUT2D eigenvalue weighted by atomic mass is 9.99. The molecule has 4 aliphatic heterocycles. The molecule has 0 aromatic carbocycles. The summed E-state index contributed by atoms with van der Waals surface area (Å²) in [6.45, 7) is 10.5. The average molecular weight is 519 g/mol. The van der Waals surface area contributed by atoms with Crippen molar-refractivity contribution in [2.45, 2.75) is 115 Å². The molecule has 4 aliphatic rings. The lowest BCUT2D eigenvalue weighted by Crippen LogP contribution is -2.60. The molecule has 13 heteroatoms. The molecule has 0 spiro atoms. The second-order valence-corrected chi connectivity index (χ2v) is 10.0. The molecule has 0 aromatic rings. The highest BCUT2D eigenvalue weighted by Crippen LogP contribution is 2.44. The first-order valence-electron chi connectivity index (χ1n) is 11.9. The van der Waals surface area contributed by atoms with Gasteiger partial charge in [-0.25, -0.2) is 0 Å². The van der Waals surface area contributed by atoms with Crippen molar-refractivity contribution in [3.63, 3.8) is 0 Å². The Kier molecular flexibility index (Phi) is 7.64. The Morgan fingerprint density at radius 3 is 1.94 bits per heavy atom. The molecule has 204 valence electrons. The lowest BCUT2D eigenvalue weighted by molar-refractivity contribution is -0.298. The van der Waals surface area contributed by atoms with Crippen LogP contribution in [0.4, 0.5) is 0 Å². The minimum absolute atomic E-state index is 0.0684. The molecular formula is C23H34O13. The van der Waals surface area contributed by atoms with Gasteiger partial charge in [0.1, 0.15) is 24.4 Å². The molecule has 9 atom stereocenters. The van der Waals surface area contributed by atoms with Crippen LogP contribution in [-0.4, -0.2) is 98.0 Å². The Morgan fingerprint density at radius 1 is 0.750 bits per heavy atom. The van der Waals surface area contributed by atoms with Crippen molar-refractivity contribution in [1.29, 1.82) is 0 Å². The highest BCUT2D eigenvalue weighted by Gasteiger charge is 2.61. The smallest absolute Gasteiger partial charge is 0.303 e. The topological polar surface area (TPSA) is 144 Å². The highest BCUT2D eigenvalue weighted by atomic mass is 16.9. The highest BCUT2D eigenvalue weighted by molar-refractivity contribution is 5.68. The summed E-state index contributed by atoms with van der Waals surface area (Å²) < 4.78 is 57.9. The van der Waals surface area contributed by atoms with Gasteiger partial charge in [0.2, 0.25) is 0 Å². The fourth-order valence-electron chi connectivity index (χ4n) is 4.87. The number of hydrogen-bond acceptors (Lipinski definition) is 13. The van der Waals surface area contributed by atoms with Crippen LogP contribution in [0.1, 0.15) is 48.5 Å². The molecule has 4 saturated heterocycles. The second-order valence-electron chi connectivity index (χ2n) is 10.0. The van der Waals surface area contributed by atoms with E-state index in [4.69, 9.17) is 47.4 Å². The third-order valence-corrected chi connectivity index (χ3v) is 5.98. The first-order valence-corrected chi connectivity index (χ1v) is 11.9. The van der Waals surface area contributed by atoms with Gasteiger partial charge >= 0.3 is 17.9 Å². The summed E-state index contributed by atoms with van der Waals surface area (Å²) in [7, 11) is 0. The molecule has 0 unspecified atom stereocenters. The van der Waals surface area contributed by atoms with Gasteiger partial charge in [0.25, 0.3) is 0 Å². The predicted molar refractivity (Wildman–Crippen MR) is 115 cm³/mol. The van der Waals surface area contributed by atoms with Crippen LogP contribution < -0.4 is 0 Å². The zero-order valence-corrected chi connectivity index (χ0v) is 21.4. The zero-order chi connectivity index (χ0) is 26.4. The van der Waals surface area contributed by atoms with E-state index in [0.717, 1.165) is 0 Å². The van der Waals surface area contributed by atoms with Crippen LogP contribution in [0.5, 0.6) is 0 Å². The Morgan fingerprint density at radius 2 is 1.31 bits per heavy atom. The fraction of sp³-hybridized carbons (Fsp3) is 0.870. The van der Waals surface area contributed by atoms with Gasteiger partial charge in [0.15, 0.2) is 42.5 Å². The number of carbonyl (C=O) groups excluding carboxylic acids is 3. The van der Waals surface area contributed by atoms with Gasteiger partial charge in [-0.05, 0) is 27.7 Å². The third kappa shape index (κ3) is 5.98. The second kappa shape index (κ2) is 10.1. The van der Waals surface area contributed by atoms with Crippen LogP contribution in [0, 0.1) is 0 Å². The molecule has 0 aromatic heterocycles. The van der Waals surface area contributed by atoms with E-state index >= 15 is 0 Å². The van der Waals surface area contributed by atoms with E-state index < -0.39 is 84.8 Å². The normalized spacial score (nSPS) is 40.6. The van der Waals surface area contributed by atoms with Crippen molar-refractivity contribution >= 4 is 17.9 Å². The van der Waals surface area contributed by atoms with Gasteiger partial charge in [0.05, 0.1) is 13.2 Å². The van der Waals surface area contributed by atoms with Crippen molar-refractivity contribution in [2.75, 3.05) is 13.2 Å². The summed E-state index contributed by atoms with van der Waals surface area (Å²) in [5.74, 6) is -3.69. The van der Waals surface area contributed by atoms with E-state index in [-0.39, 0.29) is 13.2 Å². The van der Waals surface area contributed by atoms with E-state index in [1.165, 1.54) is 20.8 Å². The Labute approximate surface area is 208 Å². The van der Waals surface area contributed by atoms with Gasteiger partial charge in [-0.2, -0.15) is 0 Å². The van der Waals surface area contributed by atoms with Crippen molar-refractivity contribution < 1.29 is 61.8 Å². The van der Waals surface area contributed by atoms with Crippen LogP contribution in [0.25, 0.3) is 0 Å². The molecule has 0 aliphatic carbocycles. The molecule has 36 heavy (non-hydrogen) atoms. The molecule has 4 rings (SSSR count). The van der Waals surface area contributed by atoms with Gasteiger partial charge in [-0.15, -0.1) is 0 Å². The Balaban J connectivity index is 1.50. The maximum absolute atomic E-state index is 11.9. The number of carbonyl (C=O) groups is 3. The fourth-order valence-corrected chi connectivity index (χ4v) is 4.87. The minimum Gasteiger partial charge on any atom is -0.456 e. The molecule has 4 fully saturated rings. The Hall–Kier alpha value is -1.87. The summed E-state index contributed by atoms with van der Waals surface area (Å²) in [5.41, 5.74) is 0. The first kappa shape index (κ1) is 27.2. The standard InChI is InChI=1S/C23H34O13/c1-10(24)29-13-8-27-20(18(31-12(3)26)15(13)30-11(2)25)28-9-14-16-17(34-22(4,5)33-16)19-21(32-14)36-23(6,7)35-19/h13-21H,8-9H2,1-7H3/t13-,14-,15-,16+,17+,18+,19-,20-,21-/m1/s1. The molecule has 0 amide bonds. The van der Waals surface area contributed by atoms with Crippen molar-refractivity contribution in [1.82, 2.24) is 0 Å². The average Bonchev–Trinajstić information content (AvgIpc) is 3.22. The largest absolute Gasteiger partial charge is 0.456 e. The maximum atomic E-state index is 11.9. The number of ether oxygens (including phenoxy) is 10. The third-order valence-electron chi connectivity index (χ3n) is 5.98. The van der Waals surface area contributed by atoms with E-state index in [1.807, 2.05) is 0 Å². The van der Waals surface area contributed by atoms with Crippen molar-refractivity contribution in [3.05, 3.63) is 0 Å². The number of hydrogen-bond donors (Lipinski definition) is 0. The summed E-state index contributed by atoms with van der Waals surface area (Å²) in [4.78, 5) is 35.2. The number of esters is 3. The van der Waals surface area contributed by atoms with Crippen molar-refractivity contribution in [3.8, 4) is 0 Å². The Bertz CT molecular complexity index is 857. The zero-order valence-electron chi connectivity index (χ0n) is 21.4. The maximum Gasteiger partial charge on any atom is 0.303 e. The number of rotatable bonds is 6. The molecule has 13 nitrogen and oxygen atoms in total. The van der Waals surface area contributed by atoms with Crippen LogP contribution in [0.3, 0.4) is 0 Å². The molecular weight excluding hydrogens is 484 g/mol. The number of fused-ring (bicyclic) bond motifs is 3. The lowest BCUT2D eigenvalue weighted by Gasteiger charge is -2.41. The van der Waals surface area contributed by atoms with Crippen LogP contribution in [-0.2, 0) is 61.8 Å². The van der Waals surface area contributed by atoms with Crippen LogP contribution in [0.15, 0.2) is 0 Å². The van der Waals surface area contributed by atoms with E-state index in [0.29, 0.717) is 0 Å². The van der Waals surface area contributed by atoms with Gasteiger partial charge < -0.3 is 47.4 Å². The summed E-state index contributed by atoms with van der Waals surface area (Å²) in [6, 6.07) is 0. The van der Waals surface area contributed by atoms with Crippen LogP contribution in [0.2, 0.25) is 0 Å².